The van der Waals surface area contributed by atoms with Crippen LogP contribution in [-0.4, -0.2) is 20.6 Å². The highest BCUT2D eigenvalue weighted by Crippen LogP contribution is 2.24. The standard InChI is InChI=1S/C16H13FN2O2/c1-2-15-18-12-8-7-10(16(20)21)9-14(12)19(15)13-6-4-3-5-11(13)17/h3-9H,2H2,1H3,(H,20,21). The van der Waals surface area contributed by atoms with E-state index in [2.05, 4.69) is 4.98 Å². The minimum atomic E-state index is -1.02. The summed E-state index contributed by atoms with van der Waals surface area (Å²) in [6.07, 6.45) is 0.616. The Kier molecular flexibility index (Phi) is 3.17. The summed E-state index contributed by atoms with van der Waals surface area (Å²) in [7, 11) is 0. The summed E-state index contributed by atoms with van der Waals surface area (Å²) < 4.78 is 15.8. The minimum Gasteiger partial charge on any atom is -0.478 e. The lowest BCUT2D eigenvalue weighted by Crippen LogP contribution is -2.03. The highest BCUT2D eigenvalue weighted by Gasteiger charge is 2.15. The number of hydrogen-bond acceptors (Lipinski definition) is 2. The van der Waals surface area contributed by atoms with Crippen LogP contribution >= 0.6 is 0 Å². The van der Waals surface area contributed by atoms with E-state index in [1.165, 1.54) is 18.2 Å². The zero-order valence-electron chi connectivity index (χ0n) is 11.4. The molecule has 0 aliphatic carbocycles. The van der Waals surface area contributed by atoms with Crippen LogP contribution in [0.1, 0.15) is 23.1 Å². The molecule has 0 saturated carbocycles. The number of carboxylic acids is 1. The van der Waals surface area contributed by atoms with E-state index >= 15 is 0 Å². The number of fused-ring (bicyclic) bond motifs is 1. The molecule has 1 N–H and O–H groups in total. The SMILES string of the molecule is CCc1nc2ccc(C(=O)O)cc2n1-c1ccccc1F. The molecule has 21 heavy (non-hydrogen) atoms. The van der Waals surface area contributed by atoms with Crippen molar-refractivity contribution in [3.63, 3.8) is 0 Å². The fourth-order valence-corrected chi connectivity index (χ4v) is 2.40. The van der Waals surface area contributed by atoms with Gasteiger partial charge in [-0.3, -0.25) is 4.57 Å². The summed E-state index contributed by atoms with van der Waals surface area (Å²) >= 11 is 0. The molecule has 1 heterocycles. The van der Waals surface area contributed by atoms with Crippen molar-refractivity contribution in [2.45, 2.75) is 13.3 Å². The monoisotopic (exact) mass is 284 g/mol. The maximum Gasteiger partial charge on any atom is 0.335 e. The molecule has 0 unspecified atom stereocenters. The first-order valence-electron chi connectivity index (χ1n) is 6.61. The van der Waals surface area contributed by atoms with Crippen molar-refractivity contribution >= 4 is 17.0 Å². The molecule has 0 atom stereocenters. The number of benzene rings is 2. The van der Waals surface area contributed by atoms with Gasteiger partial charge in [-0.15, -0.1) is 0 Å². The Morgan fingerprint density at radius 3 is 2.71 bits per heavy atom. The number of carbonyl (C=O) groups is 1. The van der Waals surface area contributed by atoms with E-state index in [1.54, 1.807) is 28.8 Å². The van der Waals surface area contributed by atoms with E-state index in [0.717, 1.165) is 0 Å². The second-order valence-electron chi connectivity index (χ2n) is 4.68. The highest BCUT2D eigenvalue weighted by atomic mass is 19.1. The Bertz CT molecular complexity index is 839. The van der Waals surface area contributed by atoms with Crippen molar-refractivity contribution in [3.8, 4) is 5.69 Å². The Balaban J connectivity index is 2.36. The molecular formula is C16H13FN2O2. The molecule has 3 aromatic rings. The van der Waals surface area contributed by atoms with Crippen molar-refractivity contribution in [2.75, 3.05) is 0 Å². The molecule has 2 aromatic carbocycles. The lowest BCUT2D eigenvalue weighted by atomic mass is 10.2. The quantitative estimate of drug-likeness (QED) is 0.801. The number of imidazole rings is 1. The van der Waals surface area contributed by atoms with E-state index in [1.807, 2.05) is 6.92 Å². The molecule has 0 aliphatic heterocycles. The normalized spacial score (nSPS) is 11.0. The Morgan fingerprint density at radius 2 is 2.05 bits per heavy atom. The van der Waals surface area contributed by atoms with E-state index < -0.39 is 5.97 Å². The molecule has 0 saturated heterocycles. The number of aromatic nitrogens is 2. The van der Waals surface area contributed by atoms with Gasteiger partial charge in [-0.2, -0.15) is 0 Å². The van der Waals surface area contributed by atoms with E-state index in [-0.39, 0.29) is 11.4 Å². The summed E-state index contributed by atoms with van der Waals surface area (Å²) in [4.78, 5) is 15.6. The summed E-state index contributed by atoms with van der Waals surface area (Å²) in [6, 6.07) is 11.1. The predicted molar refractivity (Wildman–Crippen MR) is 77.4 cm³/mol. The van der Waals surface area contributed by atoms with Crippen LogP contribution in [0, 0.1) is 5.82 Å². The molecule has 0 radical (unpaired) electrons. The van der Waals surface area contributed by atoms with Gasteiger partial charge in [-0.05, 0) is 30.3 Å². The Morgan fingerprint density at radius 1 is 1.29 bits per heavy atom. The molecule has 4 nitrogen and oxygen atoms in total. The molecule has 0 amide bonds. The minimum absolute atomic E-state index is 0.155. The first-order valence-corrected chi connectivity index (χ1v) is 6.61. The fourth-order valence-electron chi connectivity index (χ4n) is 2.40. The number of aromatic carboxylic acids is 1. The van der Waals surface area contributed by atoms with Crippen molar-refractivity contribution in [2.24, 2.45) is 0 Å². The summed E-state index contributed by atoms with van der Waals surface area (Å²) in [5.41, 5.74) is 1.78. The number of halogens is 1. The van der Waals surface area contributed by atoms with Gasteiger partial charge in [-0.25, -0.2) is 14.2 Å². The van der Waals surface area contributed by atoms with Gasteiger partial charge < -0.3 is 5.11 Å². The molecule has 3 rings (SSSR count). The van der Waals surface area contributed by atoms with Crippen LogP contribution < -0.4 is 0 Å². The van der Waals surface area contributed by atoms with Gasteiger partial charge in [0.05, 0.1) is 22.3 Å². The van der Waals surface area contributed by atoms with Gasteiger partial charge in [-0.1, -0.05) is 19.1 Å². The molecule has 0 bridgehead atoms. The van der Waals surface area contributed by atoms with Crippen LogP contribution in [0.3, 0.4) is 0 Å². The molecule has 5 heteroatoms. The summed E-state index contributed by atoms with van der Waals surface area (Å²) in [5, 5.41) is 9.12. The maximum absolute atomic E-state index is 14.1. The van der Waals surface area contributed by atoms with E-state index in [0.29, 0.717) is 29.0 Å². The third-order valence-electron chi connectivity index (χ3n) is 3.38. The number of rotatable bonds is 3. The number of carboxylic acid groups (broad SMARTS) is 1. The van der Waals surface area contributed by atoms with E-state index in [4.69, 9.17) is 5.11 Å². The molecular weight excluding hydrogens is 271 g/mol. The number of aryl methyl sites for hydroxylation is 1. The van der Waals surface area contributed by atoms with Crippen LogP contribution in [0.4, 0.5) is 4.39 Å². The van der Waals surface area contributed by atoms with E-state index in [9.17, 15) is 9.18 Å². The Hall–Kier alpha value is -2.69. The second kappa shape index (κ2) is 5.01. The van der Waals surface area contributed by atoms with Crippen LogP contribution in [0.15, 0.2) is 42.5 Å². The average Bonchev–Trinajstić information content (AvgIpc) is 2.85. The van der Waals surface area contributed by atoms with Gasteiger partial charge in [0.2, 0.25) is 0 Å². The van der Waals surface area contributed by atoms with Gasteiger partial charge in [0.25, 0.3) is 0 Å². The van der Waals surface area contributed by atoms with Crippen LogP contribution in [-0.2, 0) is 6.42 Å². The number of nitrogens with zero attached hydrogens (tertiary/aromatic N) is 2. The summed E-state index contributed by atoms with van der Waals surface area (Å²) in [5.74, 6) is -0.693. The highest BCUT2D eigenvalue weighted by molar-refractivity contribution is 5.93. The lowest BCUT2D eigenvalue weighted by molar-refractivity contribution is 0.0697. The largest absolute Gasteiger partial charge is 0.478 e. The van der Waals surface area contributed by atoms with Crippen LogP contribution in [0.5, 0.6) is 0 Å². The van der Waals surface area contributed by atoms with Crippen molar-refractivity contribution in [1.82, 2.24) is 9.55 Å². The van der Waals surface area contributed by atoms with Gasteiger partial charge in [0.15, 0.2) is 0 Å². The zero-order valence-corrected chi connectivity index (χ0v) is 11.4. The Labute approximate surface area is 120 Å². The van der Waals surface area contributed by atoms with Gasteiger partial charge in [0.1, 0.15) is 11.6 Å². The second-order valence-corrected chi connectivity index (χ2v) is 4.68. The molecule has 106 valence electrons. The smallest absolute Gasteiger partial charge is 0.335 e. The van der Waals surface area contributed by atoms with Crippen molar-refractivity contribution in [1.29, 1.82) is 0 Å². The zero-order chi connectivity index (χ0) is 15.0. The lowest BCUT2D eigenvalue weighted by Gasteiger charge is -2.09. The first-order chi connectivity index (χ1) is 10.1. The first kappa shape index (κ1) is 13.3. The number of para-hydroxylation sites is 1. The number of hydrogen-bond donors (Lipinski definition) is 1. The topological polar surface area (TPSA) is 55.1 Å². The molecule has 1 aromatic heterocycles. The predicted octanol–water partition coefficient (Wildman–Crippen LogP) is 3.43. The summed E-state index contributed by atoms with van der Waals surface area (Å²) in [6.45, 7) is 1.93. The van der Waals surface area contributed by atoms with Gasteiger partial charge >= 0.3 is 5.97 Å². The van der Waals surface area contributed by atoms with Crippen LogP contribution in [0.2, 0.25) is 0 Å². The average molecular weight is 284 g/mol. The molecule has 0 spiro atoms. The fraction of sp³-hybridized carbons (Fsp3) is 0.125. The third-order valence-corrected chi connectivity index (χ3v) is 3.38. The maximum atomic E-state index is 14.1. The molecule has 0 aliphatic rings. The third kappa shape index (κ3) is 2.16. The van der Waals surface area contributed by atoms with Crippen molar-refractivity contribution < 1.29 is 14.3 Å². The van der Waals surface area contributed by atoms with Crippen LogP contribution in [0.25, 0.3) is 16.7 Å². The van der Waals surface area contributed by atoms with Gasteiger partial charge in [0, 0.05) is 6.42 Å². The van der Waals surface area contributed by atoms with Crippen molar-refractivity contribution in [3.05, 3.63) is 59.7 Å². The molecule has 0 fully saturated rings.